The zero-order chi connectivity index (χ0) is 19.6. The van der Waals surface area contributed by atoms with Crippen molar-refractivity contribution in [3.8, 4) is 17.1 Å². The average Bonchev–Trinajstić information content (AvgIpc) is 3.10. The van der Waals surface area contributed by atoms with Crippen LogP contribution >= 0.6 is 39.1 Å². The fourth-order valence-electron chi connectivity index (χ4n) is 2.24. The number of nitrogens with two attached hydrogens (primary N) is 1. The number of nitrogens with zero attached hydrogens (tertiary/aromatic N) is 4. The van der Waals surface area contributed by atoms with Gasteiger partial charge in [0, 0.05) is 18.0 Å². The molecular weight excluding hydrogens is 481 g/mol. The number of hydrogen-bond donors (Lipinski definition) is 1. The molecule has 2 N–H and O–H groups in total. The monoisotopic (exact) mass is 491 g/mol. The summed E-state index contributed by atoms with van der Waals surface area (Å²) < 4.78 is 31.2. The Morgan fingerprint density at radius 2 is 2.04 bits per heavy atom. The van der Waals surface area contributed by atoms with Gasteiger partial charge in [0.1, 0.15) is 21.8 Å². The molecule has 0 saturated carbocycles. The predicted octanol–water partition coefficient (Wildman–Crippen LogP) is 3.14. The minimum absolute atomic E-state index is 0.0146. The zero-order valence-corrected chi connectivity index (χ0v) is 17.4. The highest BCUT2D eigenvalue weighted by molar-refractivity contribution is 9.10. The van der Waals surface area contributed by atoms with Crippen LogP contribution in [0.25, 0.3) is 11.3 Å². The number of sulfonamides is 1. The van der Waals surface area contributed by atoms with E-state index in [9.17, 15) is 8.42 Å². The third-order valence-corrected chi connectivity index (χ3v) is 5.80. The van der Waals surface area contributed by atoms with Gasteiger partial charge in [0.05, 0.1) is 29.1 Å². The lowest BCUT2D eigenvalue weighted by atomic mass is 10.1. The van der Waals surface area contributed by atoms with Gasteiger partial charge in [0.2, 0.25) is 15.9 Å². The predicted molar refractivity (Wildman–Crippen MR) is 104 cm³/mol. The van der Waals surface area contributed by atoms with Crippen LogP contribution in [0.2, 0.25) is 10.0 Å². The van der Waals surface area contributed by atoms with Crippen molar-refractivity contribution in [3.05, 3.63) is 51.7 Å². The van der Waals surface area contributed by atoms with Crippen molar-refractivity contribution in [2.45, 2.75) is 11.4 Å². The molecule has 0 unspecified atom stereocenters. The first-order valence-electron chi connectivity index (χ1n) is 7.39. The summed E-state index contributed by atoms with van der Waals surface area (Å²) in [7, 11) is -4.01. The summed E-state index contributed by atoms with van der Waals surface area (Å²) in [4.78, 5) is 12.2. The van der Waals surface area contributed by atoms with Crippen LogP contribution in [0.15, 0.2) is 46.5 Å². The molecule has 0 fully saturated rings. The van der Waals surface area contributed by atoms with Crippen LogP contribution in [0.3, 0.4) is 0 Å². The largest absolute Gasteiger partial charge is 0.474 e. The Balaban J connectivity index is 1.96. The second-order valence-corrected chi connectivity index (χ2v) is 8.38. The van der Waals surface area contributed by atoms with Gasteiger partial charge in [-0.1, -0.05) is 23.2 Å². The Hall–Kier alpha value is -1.72. The fourth-order valence-corrected chi connectivity index (χ4v) is 3.91. The number of ether oxygens (including phenoxy) is 1. The highest BCUT2D eigenvalue weighted by Crippen LogP contribution is 2.39. The number of rotatable bonds is 6. The third-order valence-electron chi connectivity index (χ3n) is 3.47. The molecule has 0 saturated heterocycles. The van der Waals surface area contributed by atoms with Crippen LogP contribution in [-0.4, -0.2) is 34.5 Å². The molecule has 0 aliphatic rings. The first kappa shape index (κ1) is 20.0. The molecule has 0 spiro atoms. The zero-order valence-electron chi connectivity index (χ0n) is 13.5. The summed E-state index contributed by atoms with van der Waals surface area (Å²) in [5, 5.41) is 4.94. The quantitative estimate of drug-likeness (QED) is 0.565. The normalized spacial score (nSPS) is 11.6. The van der Waals surface area contributed by atoms with Crippen LogP contribution < -0.4 is 9.88 Å². The Kier molecular flexibility index (Phi) is 6.02. The standard InChI is InChI=1S/C15H12BrCl2N5O3S/c16-11-7-21-14(15(22-11)26-6-5-23-4-3-20-8-23)9-1-2-10(27(19,24)25)13(18)12(9)17/h1-4,7-8H,5-6H2,(H2,19,24,25). The Bertz CT molecular complexity index is 1080. The Morgan fingerprint density at radius 1 is 1.26 bits per heavy atom. The van der Waals surface area contributed by atoms with E-state index < -0.39 is 10.0 Å². The number of aromatic nitrogens is 4. The highest BCUT2D eigenvalue weighted by Gasteiger charge is 2.21. The van der Waals surface area contributed by atoms with E-state index in [2.05, 4.69) is 30.9 Å². The van der Waals surface area contributed by atoms with E-state index in [1.165, 1.54) is 18.3 Å². The smallest absolute Gasteiger partial charge is 0.241 e. The Labute approximate surface area is 173 Å². The number of hydrogen-bond acceptors (Lipinski definition) is 6. The van der Waals surface area contributed by atoms with Gasteiger partial charge in [0.15, 0.2) is 0 Å². The summed E-state index contributed by atoms with van der Waals surface area (Å²) in [6.07, 6.45) is 6.61. The second-order valence-electron chi connectivity index (χ2n) is 5.28. The maximum atomic E-state index is 11.6. The minimum Gasteiger partial charge on any atom is -0.474 e. The van der Waals surface area contributed by atoms with Gasteiger partial charge >= 0.3 is 0 Å². The van der Waals surface area contributed by atoms with E-state index in [-0.39, 0.29) is 20.8 Å². The van der Waals surface area contributed by atoms with Crippen molar-refractivity contribution in [3.63, 3.8) is 0 Å². The lowest BCUT2D eigenvalue weighted by Gasteiger charge is -2.13. The molecule has 0 radical (unpaired) electrons. The van der Waals surface area contributed by atoms with Gasteiger partial charge in [-0.05, 0) is 28.1 Å². The minimum atomic E-state index is -4.01. The van der Waals surface area contributed by atoms with Gasteiger partial charge in [-0.3, -0.25) is 0 Å². The molecule has 2 heterocycles. The molecule has 12 heteroatoms. The summed E-state index contributed by atoms with van der Waals surface area (Å²) in [6, 6.07) is 2.71. The number of primary sulfonamides is 1. The summed E-state index contributed by atoms with van der Waals surface area (Å²) in [5.41, 5.74) is 0.684. The number of benzene rings is 1. The van der Waals surface area contributed by atoms with E-state index >= 15 is 0 Å². The van der Waals surface area contributed by atoms with Crippen LogP contribution in [-0.2, 0) is 16.6 Å². The fraction of sp³-hybridized carbons (Fsp3) is 0.133. The van der Waals surface area contributed by atoms with Crippen LogP contribution in [0.4, 0.5) is 0 Å². The molecule has 8 nitrogen and oxygen atoms in total. The molecule has 0 aliphatic heterocycles. The molecule has 3 rings (SSSR count). The SMILES string of the molecule is NS(=O)(=O)c1ccc(-c2ncc(Br)nc2OCCn2ccnc2)c(Cl)c1Cl. The lowest BCUT2D eigenvalue weighted by molar-refractivity contribution is 0.287. The first-order valence-corrected chi connectivity index (χ1v) is 10.5. The van der Waals surface area contributed by atoms with Gasteiger partial charge in [-0.2, -0.15) is 0 Å². The molecule has 0 atom stereocenters. The van der Waals surface area contributed by atoms with Crippen LogP contribution in [0.1, 0.15) is 0 Å². The van der Waals surface area contributed by atoms with Crippen molar-refractivity contribution < 1.29 is 13.2 Å². The molecule has 0 amide bonds. The molecule has 2 aromatic heterocycles. The van der Waals surface area contributed by atoms with Gasteiger partial charge in [0.25, 0.3) is 0 Å². The van der Waals surface area contributed by atoms with Gasteiger partial charge in [-0.25, -0.2) is 28.5 Å². The first-order chi connectivity index (χ1) is 12.8. The van der Waals surface area contributed by atoms with Crippen LogP contribution in [0.5, 0.6) is 5.88 Å². The topological polar surface area (TPSA) is 113 Å². The van der Waals surface area contributed by atoms with E-state index in [0.29, 0.717) is 29.0 Å². The highest BCUT2D eigenvalue weighted by atomic mass is 79.9. The molecule has 0 aliphatic carbocycles. The number of halogens is 3. The number of imidazole rings is 1. The average molecular weight is 493 g/mol. The molecule has 0 bridgehead atoms. The molecular formula is C15H12BrCl2N5O3S. The van der Waals surface area contributed by atoms with Crippen molar-refractivity contribution >= 4 is 49.2 Å². The summed E-state index contributed by atoms with van der Waals surface area (Å²) >= 11 is 15.6. The van der Waals surface area contributed by atoms with Crippen LogP contribution in [0, 0.1) is 0 Å². The lowest BCUT2D eigenvalue weighted by Crippen LogP contribution is -2.13. The Morgan fingerprint density at radius 3 is 2.70 bits per heavy atom. The van der Waals surface area contributed by atoms with E-state index in [1.54, 1.807) is 18.7 Å². The molecule has 3 aromatic rings. The summed E-state index contributed by atoms with van der Waals surface area (Å²) in [6.45, 7) is 0.849. The second kappa shape index (κ2) is 8.11. The summed E-state index contributed by atoms with van der Waals surface area (Å²) in [5.74, 6) is 0.214. The van der Waals surface area contributed by atoms with Crippen molar-refractivity contribution in [1.82, 2.24) is 19.5 Å². The maximum absolute atomic E-state index is 11.6. The van der Waals surface area contributed by atoms with E-state index in [0.717, 1.165) is 0 Å². The van der Waals surface area contributed by atoms with E-state index in [1.807, 2.05) is 4.57 Å². The van der Waals surface area contributed by atoms with Crippen molar-refractivity contribution in [2.24, 2.45) is 5.14 Å². The van der Waals surface area contributed by atoms with Crippen molar-refractivity contribution in [1.29, 1.82) is 0 Å². The van der Waals surface area contributed by atoms with Crippen molar-refractivity contribution in [2.75, 3.05) is 6.61 Å². The molecule has 1 aromatic carbocycles. The maximum Gasteiger partial charge on any atom is 0.241 e. The van der Waals surface area contributed by atoms with Gasteiger partial charge in [-0.15, -0.1) is 0 Å². The third kappa shape index (κ3) is 4.58. The molecule has 142 valence electrons. The van der Waals surface area contributed by atoms with E-state index in [4.69, 9.17) is 33.1 Å². The molecule has 27 heavy (non-hydrogen) atoms. The van der Waals surface area contributed by atoms with Gasteiger partial charge < -0.3 is 9.30 Å².